The standard InChI is InChI=1S/C10H11F4NO/c11-6-5-9(15)7-1-3-8(4-2-7)16-10(12,13)14/h1-4,9H,5-6,15H2/t9-/m1/s1. The van der Waals surface area contributed by atoms with E-state index in [-0.39, 0.29) is 12.2 Å². The first-order valence-corrected chi connectivity index (χ1v) is 4.59. The molecule has 0 aliphatic heterocycles. The third kappa shape index (κ3) is 4.06. The van der Waals surface area contributed by atoms with Gasteiger partial charge in [-0.1, -0.05) is 12.1 Å². The van der Waals surface area contributed by atoms with Crippen LogP contribution in [0.2, 0.25) is 0 Å². The van der Waals surface area contributed by atoms with Crippen LogP contribution in [-0.2, 0) is 0 Å². The molecule has 6 heteroatoms. The fraction of sp³-hybridized carbons (Fsp3) is 0.400. The fourth-order valence-corrected chi connectivity index (χ4v) is 1.20. The Kier molecular flexibility index (Phi) is 4.12. The van der Waals surface area contributed by atoms with Crippen LogP contribution < -0.4 is 10.5 Å². The first kappa shape index (κ1) is 12.8. The topological polar surface area (TPSA) is 35.2 Å². The van der Waals surface area contributed by atoms with E-state index in [0.29, 0.717) is 5.56 Å². The maximum Gasteiger partial charge on any atom is 0.573 e. The lowest BCUT2D eigenvalue weighted by Gasteiger charge is -2.12. The van der Waals surface area contributed by atoms with E-state index in [1.165, 1.54) is 12.1 Å². The zero-order valence-electron chi connectivity index (χ0n) is 8.30. The molecule has 0 aliphatic rings. The fourth-order valence-electron chi connectivity index (χ4n) is 1.20. The summed E-state index contributed by atoms with van der Waals surface area (Å²) < 4.78 is 51.1. The molecule has 1 aromatic carbocycles. The quantitative estimate of drug-likeness (QED) is 0.817. The van der Waals surface area contributed by atoms with Gasteiger partial charge in [0.25, 0.3) is 0 Å². The smallest absolute Gasteiger partial charge is 0.406 e. The summed E-state index contributed by atoms with van der Waals surface area (Å²) >= 11 is 0. The SMILES string of the molecule is N[C@H](CCF)c1ccc(OC(F)(F)F)cc1. The molecule has 0 saturated heterocycles. The lowest BCUT2D eigenvalue weighted by Crippen LogP contribution is -2.17. The Morgan fingerprint density at radius 1 is 1.19 bits per heavy atom. The van der Waals surface area contributed by atoms with Crippen LogP contribution in [0.5, 0.6) is 5.75 Å². The molecule has 0 heterocycles. The monoisotopic (exact) mass is 237 g/mol. The zero-order chi connectivity index (χ0) is 12.2. The molecule has 0 bridgehead atoms. The van der Waals surface area contributed by atoms with Gasteiger partial charge in [0, 0.05) is 6.04 Å². The van der Waals surface area contributed by atoms with Crippen LogP contribution in [0.3, 0.4) is 0 Å². The second-order valence-electron chi connectivity index (χ2n) is 3.20. The van der Waals surface area contributed by atoms with Crippen molar-refractivity contribution in [3.8, 4) is 5.75 Å². The highest BCUT2D eigenvalue weighted by Crippen LogP contribution is 2.24. The van der Waals surface area contributed by atoms with Crippen LogP contribution in [0.15, 0.2) is 24.3 Å². The van der Waals surface area contributed by atoms with Crippen LogP contribution in [0.1, 0.15) is 18.0 Å². The molecule has 1 rings (SSSR count). The molecule has 0 fully saturated rings. The lowest BCUT2D eigenvalue weighted by molar-refractivity contribution is -0.274. The molecule has 1 aromatic rings. The molecule has 16 heavy (non-hydrogen) atoms. The van der Waals surface area contributed by atoms with Gasteiger partial charge >= 0.3 is 6.36 Å². The maximum atomic E-state index is 12.0. The van der Waals surface area contributed by atoms with E-state index >= 15 is 0 Å². The van der Waals surface area contributed by atoms with E-state index in [2.05, 4.69) is 4.74 Å². The number of halogens is 4. The van der Waals surface area contributed by atoms with Gasteiger partial charge in [0.1, 0.15) is 5.75 Å². The molecule has 1 atom stereocenters. The maximum absolute atomic E-state index is 12.0. The molecule has 0 radical (unpaired) electrons. The molecule has 0 aliphatic carbocycles. The van der Waals surface area contributed by atoms with Crippen molar-refractivity contribution in [2.45, 2.75) is 18.8 Å². The van der Waals surface area contributed by atoms with Gasteiger partial charge < -0.3 is 10.5 Å². The van der Waals surface area contributed by atoms with Crippen LogP contribution in [0.25, 0.3) is 0 Å². The average Bonchev–Trinajstić information content (AvgIpc) is 2.16. The van der Waals surface area contributed by atoms with Gasteiger partial charge in [-0.3, -0.25) is 4.39 Å². The average molecular weight is 237 g/mol. The van der Waals surface area contributed by atoms with E-state index in [9.17, 15) is 17.6 Å². The number of hydrogen-bond donors (Lipinski definition) is 1. The molecule has 2 N–H and O–H groups in total. The Balaban J connectivity index is 2.68. The van der Waals surface area contributed by atoms with Gasteiger partial charge in [-0.05, 0) is 24.1 Å². The summed E-state index contributed by atoms with van der Waals surface area (Å²) in [5, 5.41) is 0. The van der Waals surface area contributed by atoms with Gasteiger partial charge in [-0.2, -0.15) is 0 Å². The van der Waals surface area contributed by atoms with Crippen molar-refractivity contribution < 1.29 is 22.3 Å². The minimum absolute atomic E-state index is 0.138. The van der Waals surface area contributed by atoms with Crippen molar-refractivity contribution in [3.63, 3.8) is 0 Å². The van der Waals surface area contributed by atoms with E-state index in [1.54, 1.807) is 0 Å². The van der Waals surface area contributed by atoms with E-state index in [0.717, 1.165) is 12.1 Å². The summed E-state index contributed by atoms with van der Waals surface area (Å²) in [7, 11) is 0. The van der Waals surface area contributed by atoms with Crippen LogP contribution in [-0.4, -0.2) is 13.0 Å². The molecule has 0 aromatic heterocycles. The lowest BCUT2D eigenvalue weighted by atomic mass is 10.1. The van der Waals surface area contributed by atoms with Gasteiger partial charge in [0.2, 0.25) is 0 Å². The Labute approximate surface area is 90.0 Å². The van der Waals surface area contributed by atoms with E-state index in [1.807, 2.05) is 0 Å². The number of benzene rings is 1. The number of nitrogens with two attached hydrogens (primary N) is 1. The molecular formula is C10H11F4NO. The normalized spacial score (nSPS) is 13.6. The van der Waals surface area contributed by atoms with Gasteiger partial charge in [0.15, 0.2) is 0 Å². The molecular weight excluding hydrogens is 226 g/mol. The first-order chi connectivity index (χ1) is 7.42. The van der Waals surface area contributed by atoms with Crippen molar-refractivity contribution in [1.82, 2.24) is 0 Å². The minimum Gasteiger partial charge on any atom is -0.406 e. The van der Waals surface area contributed by atoms with Crippen molar-refractivity contribution in [2.75, 3.05) is 6.67 Å². The predicted molar refractivity (Wildman–Crippen MR) is 50.6 cm³/mol. The van der Waals surface area contributed by atoms with E-state index < -0.39 is 19.1 Å². The van der Waals surface area contributed by atoms with Crippen LogP contribution in [0, 0.1) is 0 Å². The Hall–Kier alpha value is -1.30. The summed E-state index contributed by atoms with van der Waals surface area (Å²) in [5.74, 6) is -0.316. The summed E-state index contributed by atoms with van der Waals surface area (Å²) in [5.41, 5.74) is 6.16. The van der Waals surface area contributed by atoms with Gasteiger partial charge in [0.05, 0.1) is 6.67 Å². The van der Waals surface area contributed by atoms with E-state index in [4.69, 9.17) is 5.73 Å². The third-order valence-corrected chi connectivity index (χ3v) is 1.96. The molecule has 2 nitrogen and oxygen atoms in total. The molecule has 90 valence electrons. The molecule has 0 spiro atoms. The molecule has 0 amide bonds. The zero-order valence-corrected chi connectivity index (χ0v) is 8.30. The Morgan fingerprint density at radius 2 is 1.75 bits per heavy atom. The largest absolute Gasteiger partial charge is 0.573 e. The summed E-state index contributed by atoms with van der Waals surface area (Å²) in [6.45, 7) is -0.567. The molecule has 0 saturated carbocycles. The highest BCUT2D eigenvalue weighted by molar-refractivity contribution is 5.29. The Morgan fingerprint density at radius 3 is 2.19 bits per heavy atom. The van der Waals surface area contributed by atoms with Crippen molar-refractivity contribution in [3.05, 3.63) is 29.8 Å². The van der Waals surface area contributed by atoms with Crippen LogP contribution >= 0.6 is 0 Å². The third-order valence-electron chi connectivity index (χ3n) is 1.96. The first-order valence-electron chi connectivity index (χ1n) is 4.59. The predicted octanol–water partition coefficient (Wildman–Crippen LogP) is 2.94. The highest BCUT2D eigenvalue weighted by Gasteiger charge is 2.30. The van der Waals surface area contributed by atoms with Crippen molar-refractivity contribution in [1.29, 1.82) is 0 Å². The number of rotatable bonds is 4. The second-order valence-corrected chi connectivity index (χ2v) is 3.20. The van der Waals surface area contributed by atoms with Crippen molar-refractivity contribution in [2.24, 2.45) is 5.73 Å². The number of ether oxygens (including phenoxy) is 1. The summed E-state index contributed by atoms with van der Waals surface area (Å²) in [6.07, 6.45) is -4.57. The summed E-state index contributed by atoms with van der Waals surface area (Å²) in [6, 6.07) is 4.58. The number of hydrogen-bond acceptors (Lipinski definition) is 2. The highest BCUT2D eigenvalue weighted by atomic mass is 19.4. The van der Waals surface area contributed by atoms with Crippen LogP contribution in [0.4, 0.5) is 17.6 Å². The second kappa shape index (κ2) is 5.16. The minimum atomic E-state index is -4.71. The van der Waals surface area contributed by atoms with Gasteiger partial charge in [-0.25, -0.2) is 0 Å². The summed E-state index contributed by atoms with van der Waals surface area (Å²) in [4.78, 5) is 0. The number of alkyl halides is 4. The molecule has 0 unspecified atom stereocenters. The van der Waals surface area contributed by atoms with Crippen molar-refractivity contribution >= 4 is 0 Å². The van der Waals surface area contributed by atoms with Gasteiger partial charge in [-0.15, -0.1) is 13.2 Å². The Bertz CT molecular complexity index is 323.